The van der Waals surface area contributed by atoms with E-state index in [4.69, 9.17) is 0 Å². The van der Waals surface area contributed by atoms with Crippen LogP contribution in [0.3, 0.4) is 0 Å². The first-order valence-electron chi connectivity index (χ1n) is 8.29. The van der Waals surface area contributed by atoms with E-state index in [1.807, 2.05) is 6.07 Å². The van der Waals surface area contributed by atoms with E-state index in [2.05, 4.69) is 55.3 Å². The van der Waals surface area contributed by atoms with Gasteiger partial charge in [0.05, 0.1) is 12.1 Å². The Kier molecular flexibility index (Phi) is 5.80. The molecule has 0 heterocycles. The Morgan fingerprint density at radius 1 is 1.29 bits per heavy atom. The topological polar surface area (TPSA) is 35.5 Å². The van der Waals surface area contributed by atoms with Crippen LogP contribution in [-0.2, 0) is 5.54 Å². The van der Waals surface area contributed by atoms with E-state index in [1.54, 1.807) is 0 Å². The maximum Gasteiger partial charge on any atom is 0.0683 e. The molecular weight excluding hydrogens is 260 g/mol. The lowest BCUT2D eigenvalue weighted by molar-refractivity contribution is 0.122. The number of benzene rings is 1. The van der Waals surface area contributed by atoms with Crippen molar-refractivity contribution >= 4 is 0 Å². The van der Waals surface area contributed by atoms with Crippen LogP contribution in [-0.4, -0.2) is 41.8 Å². The Balaban J connectivity index is 2.14. The fourth-order valence-electron chi connectivity index (χ4n) is 3.01. The highest BCUT2D eigenvalue weighted by Gasteiger charge is 2.37. The first-order valence-corrected chi connectivity index (χ1v) is 8.29. The van der Waals surface area contributed by atoms with Gasteiger partial charge in [0.15, 0.2) is 0 Å². The van der Waals surface area contributed by atoms with Crippen LogP contribution >= 0.6 is 0 Å². The fraction of sp³-hybridized carbons (Fsp3) is 0.667. The summed E-state index contributed by atoms with van der Waals surface area (Å²) in [6.07, 6.45) is 3.41. The Hall–Kier alpha value is -0.900. The molecule has 1 aromatic rings. The van der Waals surface area contributed by atoms with E-state index in [1.165, 1.54) is 18.4 Å². The van der Waals surface area contributed by atoms with Gasteiger partial charge < -0.3 is 15.3 Å². The maximum atomic E-state index is 10.1. The standard InChI is InChI=1S/C18H30N2O/c1-4-20(15(2)3)13-12-18(14-21,19-17-10-11-17)16-8-6-5-7-9-16/h5-9,15,17,19,21H,4,10-14H2,1-3H3. The number of aliphatic hydroxyl groups excluding tert-OH is 1. The van der Waals surface area contributed by atoms with E-state index in [0.717, 1.165) is 19.5 Å². The molecule has 0 aliphatic heterocycles. The zero-order chi connectivity index (χ0) is 15.3. The molecule has 21 heavy (non-hydrogen) atoms. The van der Waals surface area contributed by atoms with Gasteiger partial charge >= 0.3 is 0 Å². The molecule has 1 aliphatic rings. The van der Waals surface area contributed by atoms with Crippen molar-refractivity contribution in [3.8, 4) is 0 Å². The van der Waals surface area contributed by atoms with E-state index >= 15 is 0 Å². The minimum absolute atomic E-state index is 0.156. The molecule has 0 saturated heterocycles. The van der Waals surface area contributed by atoms with Gasteiger partial charge in [0.25, 0.3) is 0 Å². The first kappa shape index (κ1) is 16.5. The van der Waals surface area contributed by atoms with Gasteiger partial charge in [0.2, 0.25) is 0 Å². The van der Waals surface area contributed by atoms with Crippen molar-refractivity contribution in [3.05, 3.63) is 35.9 Å². The van der Waals surface area contributed by atoms with E-state index < -0.39 is 0 Å². The quantitative estimate of drug-likeness (QED) is 0.734. The molecule has 1 atom stereocenters. The Morgan fingerprint density at radius 2 is 1.95 bits per heavy atom. The lowest BCUT2D eigenvalue weighted by atomic mass is 9.86. The molecule has 118 valence electrons. The molecule has 3 nitrogen and oxygen atoms in total. The second-order valence-corrected chi connectivity index (χ2v) is 6.50. The third-order valence-electron chi connectivity index (χ3n) is 4.62. The summed E-state index contributed by atoms with van der Waals surface area (Å²) in [5, 5.41) is 13.9. The summed E-state index contributed by atoms with van der Waals surface area (Å²) < 4.78 is 0. The molecule has 1 aromatic carbocycles. The lowest BCUT2D eigenvalue weighted by Crippen LogP contribution is -2.49. The molecule has 0 radical (unpaired) electrons. The van der Waals surface area contributed by atoms with Gasteiger partial charge in [0.1, 0.15) is 0 Å². The van der Waals surface area contributed by atoms with Gasteiger partial charge in [0, 0.05) is 18.6 Å². The summed E-state index contributed by atoms with van der Waals surface area (Å²) in [6, 6.07) is 11.6. The van der Waals surface area contributed by atoms with Gasteiger partial charge in [-0.2, -0.15) is 0 Å². The van der Waals surface area contributed by atoms with Crippen molar-refractivity contribution in [1.82, 2.24) is 10.2 Å². The summed E-state index contributed by atoms with van der Waals surface area (Å²) >= 11 is 0. The summed E-state index contributed by atoms with van der Waals surface area (Å²) in [4.78, 5) is 2.46. The van der Waals surface area contributed by atoms with Crippen molar-refractivity contribution in [2.45, 2.75) is 57.7 Å². The van der Waals surface area contributed by atoms with Gasteiger partial charge in [-0.1, -0.05) is 37.3 Å². The van der Waals surface area contributed by atoms with Gasteiger partial charge in [-0.3, -0.25) is 0 Å². The molecule has 3 heteroatoms. The zero-order valence-electron chi connectivity index (χ0n) is 13.7. The van der Waals surface area contributed by atoms with Gasteiger partial charge in [-0.15, -0.1) is 0 Å². The molecular formula is C18H30N2O. The minimum Gasteiger partial charge on any atom is -0.394 e. The van der Waals surface area contributed by atoms with Gasteiger partial charge in [-0.05, 0) is 45.2 Å². The molecule has 1 saturated carbocycles. The predicted molar refractivity (Wildman–Crippen MR) is 88.4 cm³/mol. The van der Waals surface area contributed by atoms with Crippen LogP contribution in [0.2, 0.25) is 0 Å². The molecule has 0 aromatic heterocycles. The molecule has 2 rings (SSSR count). The van der Waals surface area contributed by atoms with E-state index in [0.29, 0.717) is 12.1 Å². The molecule has 1 aliphatic carbocycles. The van der Waals surface area contributed by atoms with Crippen LogP contribution in [0.4, 0.5) is 0 Å². The highest BCUT2D eigenvalue weighted by atomic mass is 16.3. The van der Waals surface area contributed by atoms with Crippen molar-refractivity contribution in [1.29, 1.82) is 0 Å². The van der Waals surface area contributed by atoms with E-state index in [-0.39, 0.29) is 12.1 Å². The molecule has 1 unspecified atom stereocenters. The highest BCUT2D eigenvalue weighted by molar-refractivity contribution is 5.25. The van der Waals surface area contributed by atoms with Crippen LogP contribution < -0.4 is 5.32 Å². The summed E-state index contributed by atoms with van der Waals surface area (Å²) in [5.41, 5.74) is 0.907. The van der Waals surface area contributed by atoms with Gasteiger partial charge in [-0.25, -0.2) is 0 Å². The summed E-state index contributed by atoms with van der Waals surface area (Å²) in [5.74, 6) is 0. The molecule has 2 N–H and O–H groups in total. The zero-order valence-corrected chi connectivity index (χ0v) is 13.7. The van der Waals surface area contributed by atoms with Crippen LogP contribution in [0.15, 0.2) is 30.3 Å². The number of nitrogens with zero attached hydrogens (tertiary/aromatic N) is 1. The molecule has 0 amide bonds. The average molecular weight is 290 g/mol. The lowest BCUT2D eigenvalue weighted by Gasteiger charge is -2.37. The van der Waals surface area contributed by atoms with Crippen LogP contribution in [0, 0.1) is 0 Å². The third kappa shape index (κ3) is 4.29. The Morgan fingerprint density at radius 3 is 2.43 bits per heavy atom. The number of nitrogens with one attached hydrogen (secondary N) is 1. The highest BCUT2D eigenvalue weighted by Crippen LogP contribution is 2.31. The van der Waals surface area contributed by atoms with Crippen LogP contribution in [0.25, 0.3) is 0 Å². The van der Waals surface area contributed by atoms with Crippen molar-refractivity contribution in [2.75, 3.05) is 19.7 Å². The average Bonchev–Trinajstić information content (AvgIpc) is 3.31. The first-order chi connectivity index (χ1) is 10.1. The smallest absolute Gasteiger partial charge is 0.0683 e. The van der Waals surface area contributed by atoms with Crippen LogP contribution in [0.5, 0.6) is 0 Å². The van der Waals surface area contributed by atoms with Crippen molar-refractivity contribution < 1.29 is 5.11 Å². The number of rotatable bonds is 9. The monoisotopic (exact) mass is 290 g/mol. The maximum absolute atomic E-state index is 10.1. The SMILES string of the molecule is CCN(CCC(CO)(NC1CC1)c1ccccc1)C(C)C. The summed E-state index contributed by atoms with van der Waals surface area (Å²) in [6.45, 7) is 8.89. The summed E-state index contributed by atoms with van der Waals surface area (Å²) in [7, 11) is 0. The number of aliphatic hydroxyl groups is 1. The predicted octanol–water partition coefficient (Wildman–Crippen LogP) is 2.75. The van der Waals surface area contributed by atoms with Crippen LogP contribution in [0.1, 0.15) is 45.6 Å². The minimum atomic E-state index is -0.301. The normalized spacial score (nSPS) is 18.2. The Labute approximate surface area is 129 Å². The number of hydrogen-bond acceptors (Lipinski definition) is 3. The molecule has 0 bridgehead atoms. The Bertz CT molecular complexity index is 416. The van der Waals surface area contributed by atoms with Crippen molar-refractivity contribution in [3.63, 3.8) is 0 Å². The largest absolute Gasteiger partial charge is 0.394 e. The number of hydrogen-bond donors (Lipinski definition) is 2. The second-order valence-electron chi connectivity index (χ2n) is 6.50. The third-order valence-corrected chi connectivity index (χ3v) is 4.62. The fourth-order valence-corrected chi connectivity index (χ4v) is 3.01. The van der Waals surface area contributed by atoms with Crippen molar-refractivity contribution in [2.24, 2.45) is 0 Å². The second kappa shape index (κ2) is 7.39. The molecule has 1 fully saturated rings. The van der Waals surface area contributed by atoms with E-state index in [9.17, 15) is 5.11 Å². The molecule has 0 spiro atoms.